The van der Waals surface area contributed by atoms with Crippen molar-refractivity contribution in [3.05, 3.63) is 59.3 Å². The van der Waals surface area contributed by atoms with Crippen LogP contribution in [-0.4, -0.2) is 10.2 Å². The lowest BCUT2D eigenvalue weighted by atomic mass is 10.2. The predicted octanol–water partition coefficient (Wildman–Crippen LogP) is 4.35. The molecule has 6 heteroatoms. The Morgan fingerprint density at radius 1 is 0.900 bits per heavy atom. The second-order valence-electron chi connectivity index (χ2n) is 4.00. The summed E-state index contributed by atoms with van der Waals surface area (Å²) in [6, 6.07) is 10.7. The van der Waals surface area contributed by atoms with E-state index in [1.165, 1.54) is 12.1 Å². The summed E-state index contributed by atoms with van der Waals surface area (Å²) in [6.07, 6.45) is 0. The van der Waals surface area contributed by atoms with E-state index >= 15 is 0 Å². The summed E-state index contributed by atoms with van der Waals surface area (Å²) in [7, 11) is 0. The minimum atomic E-state index is -1.08. The lowest BCUT2D eigenvalue weighted by Crippen LogP contribution is -1.96. The van der Waals surface area contributed by atoms with E-state index in [-0.39, 0.29) is 16.8 Å². The minimum absolute atomic E-state index is 0.0644. The molecule has 0 radical (unpaired) electrons. The molecular weight excluding hydrogens is 286 g/mol. The van der Waals surface area contributed by atoms with Crippen LogP contribution in [0.3, 0.4) is 0 Å². The number of ether oxygens (including phenoxy) is 1. The van der Waals surface area contributed by atoms with Crippen LogP contribution >= 0.6 is 11.6 Å². The van der Waals surface area contributed by atoms with Crippen LogP contribution in [0, 0.1) is 11.6 Å². The molecule has 3 rings (SSSR count). The highest BCUT2D eigenvalue weighted by molar-refractivity contribution is 6.34. The van der Waals surface area contributed by atoms with Crippen molar-refractivity contribution in [2.75, 3.05) is 0 Å². The molecule has 0 unspecified atom stereocenters. The van der Waals surface area contributed by atoms with Gasteiger partial charge in [0.05, 0.1) is 0 Å². The Bertz CT molecular complexity index is 795. The van der Waals surface area contributed by atoms with Crippen LogP contribution in [0.5, 0.6) is 11.6 Å². The molecule has 0 N–H and O–H groups in total. The first kappa shape index (κ1) is 12.7. The maximum atomic E-state index is 13.6. The number of hydrogen-bond donors (Lipinski definition) is 0. The number of benzene rings is 2. The van der Waals surface area contributed by atoms with E-state index in [4.69, 9.17) is 16.3 Å². The van der Waals surface area contributed by atoms with Gasteiger partial charge in [0, 0.05) is 10.8 Å². The largest absolute Gasteiger partial charge is 0.434 e. The van der Waals surface area contributed by atoms with Crippen molar-refractivity contribution in [2.24, 2.45) is 0 Å². The third-order valence-electron chi connectivity index (χ3n) is 2.73. The maximum absolute atomic E-state index is 13.6. The van der Waals surface area contributed by atoms with Crippen LogP contribution < -0.4 is 4.74 Å². The highest BCUT2D eigenvalue weighted by Gasteiger charge is 2.14. The minimum Gasteiger partial charge on any atom is -0.434 e. The summed E-state index contributed by atoms with van der Waals surface area (Å²) in [5.74, 6) is -2.26. The number of rotatable bonds is 2. The number of nitrogens with zero attached hydrogens (tertiary/aromatic N) is 2. The van der Waals surface area contributed by atoms with Gasteiger partial charge < -0.3 is 4.74 Å². The molecule has 100 valence electrons. The number of hydrogen-bond acceptors (Lipinski definition) is 3. The van der Waals surface area contributed by atoms with E-state index in [1.54, 1.807) is 24.3 Å². The third-order valence-corrected chi connectivity index (χ3v) is 3.01. The van der Waals surface area contributed by atoms with Crippen LogP contribution in [0.25, 0.3) is 10.8 Å². The monoisotopic (exact) mass is 292 g/mol. The summed E-state index contributed by atoms with van der Waals surface area (Å²) in [4.78, 5) is 0. The van der Waals surface area contributed by atoms with Gasteiger partial charge in [0.15, 0.2) is 16.7 Å². The molecule has 0 saturated heterocycles. The summed E-state index contributed by atoms with van der Waals surface area (Å²) < 4.78 is 32.1. The van der Waals surface area contributed by atoms with E-state index in [9.17, 15) is 8.78 Å². The molecule has 0 amide bonds. The zero-order chi connectivity index (χ0) is 14.1. The number of halogens is 3. The van der Waals surface area contributed by atoms with Gasteiger partial charge in [-0.05, 0) is 18.2 Å². The van der Waals surface area contributed by atoms with E-state index in [0.29, 0.717) is 10.8 Å². The van der Waals surface area contributed by atoms with Crippen LogP contribution in [0.4, 0.5) is 8.78 Å². The zero-order valence-electron chi connectivity index (χ0n) is 9.98. The van der Waals surface area contributed by atoms with E-state index in [0.717, 1.165) is 6.07 Å². The third kappa shape index (κ3) is 2.16. The van der Waals surface area contributed by atoms with Gasteiger partial charge in [-0.2, -0.15) is 4.39 Å². The van der Waals surface area contributed by atoms with Gasteiger partial charge in [0.25, 0.3) is 0 Å². The van der Waals surface area contributed by atoms with Crippen molar-refractivity contribution in [3.8, 4) is 11.6 Å². The van der Waals surface area contributed by atoms with E-state index in [2.05, 4.69) is 10.2 Å². The smallest absolute Gasteiger partial charge is 0.247 e. The molecule has 2 aromatic carbocycles. The average Bonchev–Trinajstić information content (AvgIpc) is 2.47. The van der Waals surface area contributed by atoms with Gasteiger partial charge in [-0.25, -0.2) is 4.39 Å². The van der Waals surface area contributed by atoms with Crippen LogP contribution in [0.1, 0.15) is 0 Å². The normalized spacial score (nSPS) is 10.8. The Kier molecular flexibility index (Phi) is 3.20. The molecule has 0 aliphatic heterocycles. The van der Waals surface area contributed by atoms with Crippen LogP contribution in [-0.2, 0) is 0 Å². The Morgan fingerprint density at radius 3 is 2.45 bits per heavy atom. The molecule has 0 bridgehead atoms. The summed E-state index contributed by atoms with van der Waals surface area (Å²) in [5.41, 5.74) is 0. The van der Waals surface area contributed by atoms with Crippen molar-refractivity contribution < 1.29 is 13.5 Å². The summed E-state index contributed by atoms with van der Waals surface area (Å²) in [5, 5.41) is 8.91. The molecule has 0 aliphatic carbocycles. The molecule has 3 nitrogen and oxygen atoms in total. The van der Waals surface area contributed by atoms with Gasteiger partial charge in [-0.1, -0.05) is 35.9 Å². The summed E-state index contributed by atoms with van der Waals surface area (Å²) >= 11 is 5.93. The number of fused-ring (bicyclic) bond motifs is 1. The maximum Gasteiger partial charge on any atom is 0.247 e. The first-order chi connectivity index (χ1) is 9.66. The highest BCUT2D eigenvalue weighted by atomic mass is 35.5. The van der Waals surface area contributed by atoms with Gasteiger partial charge in [-0.15, -0.1) is 10.2 Å². The van der Waals surface area contributed by atoms with Crippen molar-refractivity contribution >= 4 is 22.4 Å². The molecule has 3 aromatic rings. The van der Waals surface area contributed by atoms with Crippen molar-refractivity contribution in [1.29, 1.82) is 0 Å². The molecule has 1 heterocycles. The van der Waals surface area contributed by atoms with Crippen molar-refractivity contribution in [3.63, 3.8) is 0 Å². The Balaban J connectivity index is 2.12. The molecule has 0 fully saturated rings. The lowest BCUT2D eigenvalue weighted by Gasteiger charge is -2.08. The molecule has 1 aromatic heterocycles. The van der Waals surface area contributed by atoms with Gasteiger partial charge in [-0.3, -0.25) is 0 Å². The van der Waals surface area contributed by atoms with Crippen molar-refractivity contribution in [2.45, 2.75) is 0 Å². The fourth-order valence-corrected chi connectivity index (χ4v) is 1.99. The molecule has 0 saturated carbocycles. The molecule has 20 heavy (non-hydrogen) atoms. The van der Waals surface area contributed by atoms with Crippen LogP contribution in [0.15, 0.2) is 42.5 Å². The quantitative estimate of drug-likeness (QED) is 0.704. The average molecular weight is 293 g/mol. The Labute approximate surface area is 117 Å². The molecular formula is C14H7ClF2N2O. The SMILES string of the molecule is Fc1cccc(Oc2nnc(Cl)c3ccccc23)c1F. The molecule has 0 atom stereocenters. The first-order valence-electron chi connectivity index (χ1n) is 5.69. The lowest BCUT2D eigenvalue weighted by molar-refractivity contribution is 0.405. The Hall–Kier alpha value is -2.27. The van der Waals surface area contributed by atoms with E-state index in [1.807, 2.05) is 0 Å². The first-order valence-corrected chi connectivity index (χ1v) is 6.07. The second-order valence-corrected chi connectivity index (χ2v) is 4.35. The zero-order valence-corrected chi connectivity index (χ0v) is 10.7. The fraction of sp³-hybridized carbons (Fsp3) is 0. The van der Waals surface area contributed by atoms with E-state index < -0.39 is 11.6 Å². The molecule has 0 aliphatic rings. The fourth-order valence-electron chi connectivity index (χ4n) is 1.79. The standard InChI is InChI=1S/C14H7ClF2N2O/c15-13-8-4-1-2-5-9(8)14(19-18-13)20-11-7-3-6-10(16)12(11)17/h1-7H. The highest BCUT2D eigenvalue weighted by Crippen LogP contribution is 2.31. The molecule has 0 spiro atoms. The van der Waals surface area contributed by atoms with Crippen LogP contribution in [0.2, 0.25) is 5.15 Å². The van der Waals surface area contributed by atoms with Gasteiger partial charge >= 0.3 is 0 Å². The van der Waals surface area contributed by atoms with Crippen molar-refractivity contribution in [1.82, 2.24) is 10.2 Å². The Morgan fingerprint density at radius 2 is 1.65 bits per heavy atom. The number of aromatic nitrogens is 2. The topological polar surface area (TPSA) is 35.0 Å². The second kappa shape index (κ2) is 5.02. The van der Waals surface area contributed by atoms with Gasteiger partial charge in [0.2, 0.25) is 11.7 Å². The van der Waals surface area contributed by atoms with Gasteiger partial charge in [0.1, 0.15) is 0 Å². The predicted molar refractivity (Wildman–Crippen MR) is 71.0 cm³/mol. The summed E-state index contributed by atoms with van der Waals surface area (Å²) in [6.45, 7) is 0.